The Morgan fingerprint density at radius 2 is 1.00 bits per heavy atom. The number of benzene rings is 2. The fourth-order valence-electron chi connectivity index (χ4n) is 2.23. The first-order valence-corrected chi connectivity index (χ1v) is 11.1. The first-order valence-electron chi connectivity index (χ1n) is 8.79. The summed E-state index contributed by atoms with van der Waals surface area (Å²) in [7, 11) is 0. The molecule has 4 nitrogen and oxygen atoms in total. The molecular weight excluding hydrogens is 456 g/mol. The summed E-state index contributed by atoms with van der Waals surface area (Å²) in [4.78, 5) is 25.2. The molecule has 0 saturated heterocycles. The van der Waals surface area contributed by atoms with Crippen molar-refractivity contribution in [2.24, 2.45) is 0 Å². The molecule has 27 heavy (non-hydrogen) atoms. The Morgan fingerprint density at radius 1 is 0.667 bits per heavy atom. The van der Waals surface area contributed by atoms with Gasteiger partial charge in [0.05, 0.1) is 0 Å². The molecule has 0 atom stereocenters. The van der Waals surface area contributed by atoms with Crippen molar-refractivity contribution in [1.29, 1.82) is 0 Å². The predicted octanol–water partition coefficient (Wildman–Crippen LogP) is 3.25. The molecular formula is C22H26O4Te. The topological polar surface area (TPSA) is 52.6 Å². The van der Waals surface area contributed by atoms with Gasteiger partial charge in [-0.25, -0.2) is 0 Å². The molecule has 144 valence electrons. The summed E-state index contributed by atoms with van der Waals surface area (Å²) in [5.41, 5.74) is 0.0147. The summed E-state index contributed by atoms with van der Waals surface area (Å²) in [5, 5.41) is 0. The van der Waals surface area contributed by atoms with E-state index in [0.717, 1.165) is 7.22 Å². The van der Waals surface area contributed by atoms with Crippen molar-refractivity contribution in [1.82, 2.24) is 0 Å². The van der Waals surface area contributed by atoms with Gasteiger partial charge in [0.25, 0.3) is 0 Å². The molecule has 0 aliphatic heterocycles. The van der Waals surface area contributed by atoms with Crippen LogP contribution in [0.2, 0.25) is 0 Å². The van der Waals surface area contributed by atoms with Gasteiger partial charge in [-0.05, 0) is 0 Å². The van der Waals surface area contributed by atoms with Gasteiger partial charge in [-0.2, -0.15) is 0 Å². The van der Waals surface area contributed by atoms with Gasteiger partial charge in [0.15, 0.2) is 0 Å². The number of hydrogen-bond acceptors (Lipinski definition) is 4. The van der Waals surface area contributed by atoms with Crippen LogP contribution in [-0.2, 0) is 9.47 Å². The molecule has 0 unspecified atom stereocenters. The van der Waals surface area contributed by atoms with Gasteiger partial charge in [-0.15, -0.1) is 0 Å². The quantitative estimate of drug-likeness (QED) is 0.497. The van der Waals surface area contributed by atoms with Crippen molar-refractivity contribution in [3.8, 4) is 0 Å². The van der Waals surface area contributed by atoms with Crippen LogP contribution in [-0.4, -0.2) is 44.1 Å². The van der Waals surface area contributed by atoms with Crippen molar-refractivity contribution >= 4 is 40.1 Å². The average molecular weight is 482 g/mol. The molecule has 2 aromatic rings. The SMILES string of the molecule is CC(C)(C)OC(=O)c1ccccc1[Te]c1ccccc1C(=O)OC(C)(C)C. The minimum atomic E-state index is -0.988. The predicted molar refractivity (Wildman–Crippen MR) is 108 cm³/mol. The van der Waals surface area contributed by atoms with Crippen LogP contribution in [0.3, 0.4) is 0 Å². The molecule has 0 spiro atoms. The van der Waals surface area contributed by atoms with Crippen molar-refractivity contribution in [2.45, 2.75) is 52.7 Å². The van der Waals surface area contributed by atoms with Gasteiger partial charge < -0.3 is 0 Å². The van der Waals surface area contributed by atoms with E-state index in [0.29, 0.717) is 11.1 Å². The Morgan fingerprint density at radius 3 is 1.33 bits per heavy atom. The molecule has 2 aromatic carbocycles. The van der Waals surface area contributed by atoms with Crippen LogP contribution in [0.25, 0.3) is 0 Å². The molecule has 0 aliphatic carbocycles. The van der Waals surface area contributed by atoms with Gasteiger partial charge in [-0.1, -0.05) is 0 Å². The van der Waals surface area contributed by atoms with Crippen LogP contribution in [0.1, 0.15) is 62.3 Å². The zero-order chi connectivity index (χ0) is 20.2. The van der Waals surface area contributed by atoms with E-state index in [9.17, 15) is 9.59 Å². The second kappa shape index (κ2) is 8.46. The van der Waals surface area contributed by atoms with Crippen molar-refractivity contribution in [3.05, 3.63) is 59.7 Å². The number of carbonyl (C=O) groups excluding carboxylic acids is 2. The Balaban J connectivity index is 2.34. The number of rotatable bonds is 4. The number of carbonyl (C=O) groups is 2. The van der Waals surface area contributed by atoms with Crippen LogP contribution in [0, 0.1) is 0 Å². The van der Waals surface area contributed by atoms with Gasteiger partial charge in [-0.3, -0.25) is 0 Å². The molecule has 0 heterocycles. The van der Waals surface area contributed by atoms with E-state index in [1.807, 2.05) is 77.9 Å². The summed E-state index contributed by atoms with van der Waals surface area (Å²) < 4.78 is 12.9. The summed E-state index contributed by atoms with van der Waals surface area (Å²) in [5.74, 6) is -0.670. The maximum atomic E-state index is 12.6. The zero-order valence-corrected chi connectivity index (χ0v) is 19.0. The van der Waals surface area contributed by atoms with E-state index in [1.165, 1.54) is 0 Å². The molecule has 0 radical (unpaired) electrons. The normalized spacial score (nSPS) is 11.8. The number of esters is 2. The number of hydrogen-bond donors (Lipinski definition) is 0. The van der Waals surface area contributed by atoms with E-state index in [4.69, 9.17) is 9.47 Å². The fourth-order valence-corrected chi connectivity index (χ4v) is 5.24. The van der Waals surface area contributed by atoms with Crippen LogP contribution in [0.15, 0.2) is 48.5 Å². The van der Waals surface area contributed by atoms with Crippen LogP contribution in [0.4, 0.5) is 0 Å². The van der Waals surface area contributed by atoms with E-state index in [-0.39, 0.29) is 11.9 Å². The molecule has 0 aliphatic rings. The summed E-state index contributed by atoms with van der Waals surface area (Å²) in [6.45, 7) is 11.1. The second-order valence-corrected chi connectivity index (χ2v) is 11.2. The first-order chi connectivity index (χ1) is 12.5. The Labute approximate surface area is 171 Å². The van der Waals surface area contributed by atoms with E-state index in [1.54, 1.807) is 12.1 Å². The van der Waals surface area contributed by atoms with Crippen LogP contribution >= 0.6 is 0 Å². The third-order valence-electron chi connectivity index (χ3n) is 3.23. The van der Waals surface area contributed by atoms with Gasteiger partial charge in [0, 0.05) is 0 Å². The molecule has 5 heteroatoms. The third kappa shape index (κ3) is 6.68. The maximum absolute atomic E-state index is 12.6. The fraction of sp³-hybridized carbons (Fsp3) is 0.364. The Kier molecular flexibility index (Phi) is 6.72. The van der Waals surface area contributed by atoms with Crippen molar-refractivity contribution < 1.29 is 19.1 Å². The van der Waals surface area contributed by atoms with Gasteiger partial charge >= 0.3 is 172 Å². The molecule has 0 bridgehead atoms. The minimum absolute atomic E-state index is 0.335. The summed E-state index contributed by atoms with van der Waals surface area (Å²) in [6, 6.07) is 14.9. The third-order valence-corrected chi connectivity index (χ3v) is 6.52. The second-order valence-electron chi connectivity index (χ2n) is 8.10. The molecule has 0 aromatic heterocycles. The van der Waals surface area contributed by atoms with E-state index < -0.39 is 32.1 Å². The first kappa shape index (κ1) is 21.5. The molecule has 0 amide bonds. The molecule has 0 saturated carbocycles. The van der Waals surface area contributed by atoms with Gasteiger partial charge in [0.1, 0.15) is 0 Å². The standard InChI is InChI=1S/C22H26O4Te/c1-21(2,3)25-19(23)15-11-7-9-13-17(15)27-18-14-10-8-12-16(18)20(24)26-22(4,5)6/h7-14H,1-6H3. The van der Waals surface area contributed by atoms with Crippen LogP contribution in [0.5, 0.6) is 0 Å². The Hall–Kier alpha value is -1.83. The number of ether oxygens (including phenoxy) is 2. The summed E-state index contributed by atoms with van der Waals surface area (Å²) >= 11 is -0.988. The van der Waals surface area contributed by atoms with Crippen LogP contribution < -0.4 is 7.22 Å². The van der Waals surface area contributed by atoms with Crippen molar-refractivity contribution in [3.63, 3.8) is 0 Å². The van der Waals surface area contributed by atoms with E-state index in [2.05, 4.69) is 0 Å². The van der Waals surface area contributed by atoms with E-state index >= 15 is 0 Å². The monoisotopic (exact) mass is 484 g/mol. The summed E-state index contributed by atoms with van der Waals surface area (Å²) in [6.07, 6.45) is 0. The average Bonchev–Trinajstić information content (AvgIpc) is 2.52. The van der Waals surface area contributed by atoms with Crippen molar-refractivity contribution in [2.75, 3.05) is 0 Å². The molecule has 0 N–H and O–H groups in total. The molecule has 2 rings (SSSR count). The molecule has 0 fully saturated rings. The Bertz CT molecular complexity index is 759. The van der Waals surface area contributed by atoms with Gasteiger partial charge in [0.2, 0.25) is 0 Å². The zero-order valence-electron chi connectivity index (χ0n) is 16.7.